The Morgan fingerprint density at radius 1 is 0.826 bits per heavy atom. The average molecular weight is 324 g/mol. The predicted octanol–water partition coefficient (Wildman–Crippen LogP) is 3.04. The van der Waals surface area contributed by atoms with Gasteiger partial charge in [-0.2, -0.15) is 0 Å². The van der Waals surface area contributed by atoms with Crippen LogP contribution in [0.1, 0.15) is 20.7 Å². The van der Waals surface area contributed by atoms with E-state index in [0.717, 1.165) is 0 Å². The molecule has 6 nitrogen and oxygen atoms in total. The van der Waals surface area contributed by atoms with E-state index in [1.807, 2.05) is 6.07 Å². The number of aromatic nitrogens is 2. The van der Waals surface area contributed by atoms with Crippen molar-refractivity contribution in [2.45, 2.75) is 0 Å². The van der Waals surface area contributed by atoms with Gasteiger partial charge in [-0.1, -0.05) is 29.5 Å². The van der Waals surface area contributed by atoms with Crippen LogP contribution in [-0.4, -0.2) is 22.0 Å². The average Bonchev–Trinajstić information content (AvgIpc) is 3.09. The first-order valence-electron chi connectivity index (χ1n) is 6.76. The monoisotopic (exact) mass is 324 g/mol. The Hall–Kier alpha value is -3.06. The lowest BCUT2D eigenvalue weighted by molar-refractivity contribution is 0.102. The molecule has 0 atom stereocenters. The third kappa shape index (κ3) is 3.78. The summed E-state index contributed by atoms with van der Waals surface area (Å²) in [5.41, 5.74) is 3.20. The van der Waals surface area contributed by atoms with Crippen LogP contribution in [0.3, 0.4) is 0 Å². The van der Waals surface area contributed by atoms with Crippen LogP contribution >= 0.6 is 11.3 Å². The molecule has 0 aliphatic rings. The zero-order valence-electron chi connectivity index (χ0n) is 11.9. The highest BCUT2D eigenvalue weighted by molar-refractivity contribution is 7.13. The molecule has 2 aromatic carbocycles. The summed E-state index contributed by atoms with van der Waals surface area (Å²) in [6, 6.07) is 15.5. The van der Waals surface area contributed by atoms with Crippen molar-refractivity contribution in [2.24, 2.45) is 0 Å². The van der Waals surface area contributed by atoms with Gasteiger partial charge in [0.25, 0.3) is 11.8 Å². The molecule has 0 aliphatic heterocycles. The zero-order chi connectivity index (χ0) is 16.1. The van der Waals surface area contributed by atoms with Crippen molar-refractivity contribution in [1.82, 2.24) is 10.2 Å². The Labute approximate surface area is 136 Å². The summed E-state index contributed by atoms with van der Waals surface area (Å²) in [4.78, 5) is 24.0. The maximum absolute atomic E-state index is 12.0. The largest absolute Gasteiger partial charge is 0.322 e. The fourth-order valence-electron chi connectivity index (χ4n) is 1.89. The van der Waals surface area contributed by atoms with E-state index in [4.69, 9.17) is 0 Å². The summed E-state index contributed by atoms with van der Waals surface area (Å²) in [6.45, 7) is 0. The fourth-order valence-corrected chi connectivity index (χ4v) is 2.33. The third-order valence-corrected chi connectivity index (χ3v) is 3.63. The van der Waals surface area contributed by atoms with Gasteiger partial charge in [-0.3, -0.25) is 14.9 Å². The quantitative estimate of drug-likeness (QED) is 0.772. The Morgan fingerprint density at radius 2 is 1.48 bits per heavy atom. The standard InChI is InChI=1S/C16H12N4O2S/c21-14(11-4-2-1-3-5-11)18-13-8-6-12(7-9-13)15(22)19-16-20-17-10-23-16/h1-10H,(H,18,21)(H,19,20,22). The number of carbonyl (C=O) groups excluding carboxylic acids is 2. The van der Waals surface area contributed by atoms with E-state index in [-0.39, 0.29) is 11.8 Å². The molecule has 0 spiro atoms. The summed E-state index contributed by atoms with van der Waals surface area (Å²) in [5.74, 6) is -0.473. The van der Waals surface area contributed by atoms with E-state index in [0.29, 0.717) is 21.9 Å². The number of anilines is 2. The van der Waals surface area contributed by atoms with E-state index < -0.39 is 0 Å². The van der Waals surface area contributed by atoms with E-state index in [2.05, 4.69) is 20.8 Å². The molecule has 0 bridgehead atoms. The maximum Gasteiger partial charge on any atom is 0.257 e. The predicted molar refractivity (Wildman–Crippen MR) is 88.7 cm³/mol. The number of hydrogen-bond donors (Lipinski definition) is 2. The van der Waals surface area contributed by atoms with Crippen LogP contribution in [0.2, 0.25) is 0 Å². The first kappa shape index (κ1) is 14.9. The first-order valence-corrected chi connectivity index (χ1v) is 7.64. The Bertz CT molecular complexity index is 802. The number of amides is 2. The van der Waals surface area contributed by atoms with Crippen molar-refractivity contribution >= 4 is 34.0 Å². The topological polar surface area (TPSA) is 84.0 Å². The van der Waals surface area contributed by atoms with E-state index in [1.165, 1.54) is 16.8 Å². The second kappa shape index (κ2) is 6.80. The maximum atomic E-state index is 12.0. The number of hydrogen-bond acceptors (Lipinski definition) is 5. The molecule has 0 aliphatic carbocycles. The molecule has 0 saturated carbocycles. The molecule has 114 valence electrons. The van der Waals surface area contributed by atoms with E-state index >= 15 is 0 Å². The van der Waals surface area contributed by atoms with Crippen LogP contribution in [0, 0.1) is 0 Å². The van der Waals surface area contributed by atoms with Crippen molar-refractivity contribution in [2.75, 3.05) is 10.6 Å². The van der Waals surface area contributed by atoms with E-state index in [9.17, 15) is 9.59 Å². The third-order valence-electron chi connectivity index (χ3n) is 3.02. The van der Waals surface area contributed by atoms with Gasteiger partial charge in [0, 0.05) is 16.8 Å². The Kier molecular flexibility index (Phi) is 4.39. The number of nitrogens with one attached hydrogen (secondary N) is 2. The minimum atomic E-state index is -0.275. The van der Waals surface area contributed by atoms with Gasteiger partial charge in [0.15, 0.2) is 0 Å². The molecule has 7 heteroatoms. The minimum absolute atomic E-state index is 0.198. The summed E-state index contributed by atoms with van der Waals surface area (Å²) in [5, 5.41) is 13.3. The molecule has 0 unspecified atom stereocenters. The summed E-state index contributed by atoms with van der Waals surface area (Å²) in [6.07, 6.45) is 0. The number of nitrogens with zero attached hydrogens (tertiary/aromatic N) is 2. The van der Waals surface area contributed by atoms with Gasteiger partial charge < -0.3 is 5.32 Å². The highest BCUT2D eigenvalue weighted by Gasteiger charge is 2.09. The molecule has 1 aromatic heterocycles. The van der Waals surface area contributed by atoms with Crippen molar-refractivity contribution in [1.29, 1.82) is 0 Å². The summed E-state index contributed by atoms with van der Waals surface area (Å²) >= 11 is 1.24. The van der Waals surface area contributed by atoms with Gasteiger partial charge >= 0.3 is 0 Å². The van der Waals surface area contributed by atoms with Crippen LogP contribution in [0.5, 0.6) is 0 Å². The Morgan fingerprint density at radius 3 is 2.13 bits per heavy atom. The normalized spacial score (nSPS) is 10.1. The van der Waals surface area contributed by atoms with Gasteiger partial charge in [0.05, 0.1) is 0 Å². The van der Waals surface area contributed by atoms with Crippen molar-refractivity contribution in [3.05, 3.63) is 71.2 Å². The molecule has 0 radical (unpaired) electrons. The lowest BCUT2D eigenvalue weighted by Gasteiger charge is -2.06. The second-order valence-corrected chi connectivity index (χ2v) is 5.43. The number of carbonyl (C=O) groups is 2. The lowest BCUT2D eigenvalue weighted by Crippen LogP contribution is -2.13. The van der Waals surface area contributed by atoms with Crippen molar-refractivity contribution in [3.8, 4) is 0 Å². The molecule has 0 saturated heterocycles. The fraction of sp³-hybridized carbons (Fsp3) is 0. The van der Waals surface area contributed by atoms with Crippen LogP contribution < -0.4 is 10.6 Å². The second-order valence-electron chi connectivity index (χ2n) is 4.60. The van der Waals surface area contributed by atoms with Gasteiger partial charge in [-0.25, -0.2) is 0 Å². The van der Waals surface area contributed by atoms with Gasteiger partial charge in [-0.15, -0.1) is 10.2 Å². The minimum Gasteiger partial charge on any atom is -0.322 e. The molecular formula is C16H12N4O2S. The smallest absolute Gasteiger partial charge is 0.257 e. The molecular weight excluding hydrogens is 312 g/mol. The number of rotatable bonds is 4. The van der Waals surface area contributed by atoms with Crippen molar-refractivity contribution in [3.63, 3.8) is 0 Å². The molecule has 3 aromatic rings. The van der Waals surface area contributed by atoms with Gasteiger partial charge in [0.2, 0.25) is 5.13 Å². The van der Waals surface area contributed by atoms with Crippen molar-refractivity contribution < 1.29 is 9.59 Å². The SMILES string of the molecule is O=C(Nc1ccc(C(=O)Nc2nncs2)cc1)c1ccccc1. The van der Waals surface area contributed by atoms with Crippen LogP contribution in [0.4, 0.5) is 10.8 Å². The summed E-state index contributed by atoms with van der Waals surface area (Å²) < 4.78 is 0. The van der Waals surface area contributed by atoms with Crippen LogP contribution in [0.15, 0.2) is 60.1 Å². The molecule has 23 heavy (non-hydrogen) atoms. The van der Waals surface area contributed by atoms with Crippen LogP contribution in [-0.2, 0) is 0 Å². The summed E-state index contributed by atoms with van der Waals surface area (Å²) in [7, 11) is 0. The van der Waals surface area contributed by atoms with Gasteiger partial charge in [-0.05, 0) is 36.4 Å². The molecule has 1 heterocycles. The van der Waals surface area contributed by atoms with Crippen LogP contribution in [0.25, 0.3) is 0 Å². The number of benzene rings is 2. The lowest BCUT2D eigenvalue weighted by atomic mass is 10.1. The van der Waals surface area contributed by atoms with E-state index in [1.54, 1.807) is 48.5 Å². The highest BCUT2D eigenvalue weighted by Crippen LogP contribution is 2.14. The zero-order valence-corrected chi connectivity index (χ0v) is 12.7. The molecule has 3 rings (SSSR count). The molecule has 2 amide bonds. The molecule has 2 N–H and O–H groups in total. The Balaban J connectivity index is 1.65. The first-order chi connectivity index (χ1) is 11.2. The highest BCUT2D eigenvalue weighted by atomic mass is 32.1. The molecule has 0 fully saturated rings. The van der Waals surface area contributed by atoms with Gasteiger partial charge in [0.1, 0.15) is 5.51 Å².